The molecule has 0 aliphatic heterocycles. The van der Waals surface area contributed by atoms with Gasteiger partial charge < -0.3 is 4.98 Å². The van der Waals surface area contributed by atoms with Crippen molar-refractivity contribution in [3.63, 3.8) is 0 Å². The monoisotopic (exact) mass is 414 g/mol. The van der Waals surface area contributed by atoms with Crippen LogP contribution in [0.5, 0.6) is 0 Å². The van der Waals surface area contributed by atoms with Crippen molar-refractivity contribution in [2.75, 3.05) is 0 Å². The highest BCUT2D eigenvalue weighted by atomic mass is 32.1. The number of H-pyrrole nitrogens is 2. The predicted molar refractivity (Wildman–Crippen MR) is 111 cm³/mol. The van der Waals surface area contributed by atoms with E-state index in [4.69, 9.17) is 0 Å². The topological polar surface area (TPSA) is 109 Å². The van der Waals surface area contributed by atoms with Crippen LogP contribution < -0.4 is 0 Å². The number of fused-ring (bicyclic) bond motifs is 2. The van der Waals surface area contributed by atoms with Crippen molar-refractivity contribution in [2.24, 2.45) is 0 Å². The average molecular weight is 414 g/mol. The first-order valence-corrected chi connectivity index (χ1v) is 9.78. The molecule has 0 amide bonds. The molecule has 6 aromatic rings. The molecule has 0 aliphatic rings. The van der Waals surface area contributed by atoms with Crippen LogP contribution in [0.25, 0.3) is 55.3 Å². The van der Waals surface area contributed by atoms with E-state index in [0.717, 1.165) is 49.5 Å². The van der Waals surface area contributed by atoms with Crippen molar-refractivity contribution in [2.45, 2.75) is 0 Å². The lowest BCUT2D eigenvalue weighted by Crippen LogP contribution is -1.87. The molecule has 0 radical (unpaired) electrons. The van der Waals surface area contributed by atoms with Gasteiger partial charge in [0.1, 0.15) is 12.0 Å². The highest BCUT2D eigenvalue weighted by Crippen LogP contribution is 2.34. The molecule has 0 saturated heterocycles. The van der Waals surface area contributed by atoms with Crippen molar-refractivity contribution in [3.8, 4) is 33.2 Å². The summed E-state index contributed by atoms with van der Waals surface area (Å²) in [4.78, 5) is 25.6. The summed E-state index contributed by atoms with van der Waals surface area (Å²) in [7, 11) is 0. The van der Waals surface area contributed by atoms with E-state index in [1.807, 2.05) is 12.1 Å². The van der Waals surface area contributed by atoms with E-state index in [1.165, 1.54) is 12.4 Å². The van der Waals surface area contributed by atoms with E-state index in [9.17, 15) is 4.39 Å². The van der Waals surface area contributed by atoms with E-state index in [-0.39, 0.29) is 5.13 Å². The van der Waals surface area contributed by atoms with Gasteiger partial charge in [-0.3, -0.25) is 10.1 Å². The van der Waals surface area contributed by atoms with Crippen LogP contribution in [-0.4, -0.2) is 40.1 Å². The van der Waals surface area contributed by atoms with E-state index in [0.29, 0.717) is 17.2 Å². The van der Waals surface area contributed by atoms with E-state index >= 15 is 0 Å². The Morgan fingerprint density at radius 2 is 1.90 bits per heavy atom. The maximum atomic E-state index is 13.5. The average Bonchev–Trinajstić information content (AvgIpc) is 3.51. The molecule has 0 saturated carbocycles. The lowest BCUT2D eigenvalue weighted by Gasteiger charge is -2.00. The minimum absolute atomic E-state index is 0.238. The number of thiophene rings is 1. The Labute approximate surface area is 171 Å². The Hall–Kier alpha value is -4.05. The Morgan fingerprint density at radius 3 is 2.73 bits per heavy atom. The molecule has 144 valence electrons. The normalized spacial score (nSPS) is 11.5. The SMILES string of the molecule is Fc1ccc(-c2ccnc3nc(-c4n[nH]c5cnc(-c6cncnc6)cc45)[nH]c23)s1. The van der Waals surface area contributed by atoms with Crippen molar-refractivity contribution in [3.05, 3.63) is 60.5 Å². The van der Waals surface area contributed by atoms with Gasteiger partial charge in [-0.2, -0.15) is 9.49 Å². The molecule has 0 aromatic carbocycles. The smallest absolute Gasteiger partial charge is 0.178 e. The van der Waals surface area contributed by atoms with Gasteiger partial charge in [-0.05, 0) is 24.3 Å². The summed E-state index contributed by atoms with van der Waals surface area (Å²) in [5.74, 6) is 0.565. The number of pyridine rings is 2. The Morgan fingerprint density at radius 1 is 1.00 bits per heavy atom. The number of aromatic nitrogens is 8. The zero-order valence-corrected chi connectivity index (χ0v) is 16.0. The lowest BCUT2D eigenvalue weighted by molar-refractivity contribution is 0.657. The fourth-order valence-electron chi connectivity index (χ4n) is 3.37. The Kier molecular flexibility index (Phi) is 3.65. The maximum absolute atomic E-state index is 13.5. The van der Waals surface area contributed by atoms with Crippen LogP contribution >= 0.6 is 11.3 Å². The standard InChI is InChI=1S/C20H11FN8S/c21-16-2-1-15(30-16)11-3-4-24-19-17(11)26-20(27-19)18-12-5-13(10-6-22-9-23-7-10)25-8-14(12)28-29-18/h1-9H,(H,28,29)(H,24,26,27). The van der Waals surface area contributed by atoms with Crippen LogP contribution in [-0.2, 0) is 0 Å². The third-order valence-corrected chi connectivity index (χ3v) is 5.67. The minimum Gasteiger partial charge on any atom is -0.335 e. The molecule has 0 aliphatic carbocycles. The lowest BCUT2D eigenvalue weighted by atomic mass is 10.1. The molecular weight excluding hydrogens is 403 g/mol. The van der Waals surface area contributed by atoms with Crippen molar-refractivity contribution >= 4 is 33.4 Å². The second-order valence-corrected chi connectivity index (χ2v) is 7.59. The number of nitrogens with one attached hydrogen (secondary N) is 2. The summed E-state index contributed by atoms with van der Waals surface area (Å²) in [6.07, 6.45) is 8.27. The zero-order chi connectivity index (χ0) is 20.1. The fourth-order valence-corrected chi connectivity index (χ4v) is 4.14. The van der Waals surface area contributed by atoms with Gasteiger partial charge in [0.25, 0.3) is 0 Å². The summed E-state index contributed by atoms with van der Waals surface area (Å²) in [6.45, 7) is 0. The van der Waals surface area contributed by atoms with Gasteiger partial charge in [-0.25, -0.2) is 19.9 Å². The number of nitrogens with zero attached hydrogens (tertiary/aromatic N) is 6. The first-order valence-electron chi connectivity index (χ1n) is 8.96. The molecule has 0 fully saturated rings. The maximum Gasteiger partial charge on any atom is 0.178 e. The number of halogens is 1. The Balaban J connectivity index is 1.52. The van der Waals surface area contributed by atoms with Gasteiger partial charge in [0.15, 0.2) is 16.6 Å². The van der Waals surface area contributed by atoms with Gasteiger partial charge >= 0.3 is 0 Å². The fraction of sp³-hybridized carbons (Fsp3) is 0. The molecule has 6 rings (SSSR count). The molecule has 0 atom stereocenters. The van der Waals surface area contributed by atoms with Crippen LogP contribution in [0.4, 0.5) is 4.39 Å². The largest absolute Gasteiger partial charge is 0.335 e. The second kappa shape index (κ2) is 6.49. The minimum atomic E-state index is -0.238. The summed E-state index contributed by atoms with van der Waals surface area (Å²) in [6, 6.07) is 6.96. The summed E-state index contributed by atoms with van der Waals surface area (Å²) < 4.78 is 13.5. The number of rotatable bonds is 3. The van der Waals surface area contributed by atoms with Crippen molar-refractivity contribution in [1.82, 2.24) is 40.1 Å². The van der Waals surface area contributed by atoms with E-state index in [1.54, 1.807) is 30.9 Å². The highest BCUT2D eigenvalue weighted by Gasteiger charge is 2.17. The van der Waals surface area contributed by atoms with Crippen molar-refractivity contribution < 1.29 is 4.39 Å². The zero-order valence-electron chi connectivity index (χ0n) is 15.2. The third kappa shape index (κ3) is 2.65. The molecule has 2 N–H and O–H groups in total. The number of aromatic amines is 2. The number of hydrogen-bond donors (Lipinski definition) is 2. The van der Waals surface area contributed by atoms with Crippen LogP contribution in [0.1, 0.15) is 0 Å². The molecule has 8 nitrogen and oxygen atoms in total. The molecule has 6 aromatic heterocycles. The van der Waals surface area contributed by atoms with Crippen LogP contribution in [0.3, 0.4) is 0 Å². The highest BCUT2D eigenvalue weighted by molar-refractivity contribution is 7.14. The second-order valence-electron chi connectivity index (χ2n) is 6.56. The first-order chi connectivity index (χ1) is 14.8. The van der Waals surface area contributed by atoms with E-state index < -0.39 is 0 Å². The van der Waals surface area contributed by atoms with Crippen LogP contribution in [0.15, 0.2) is 55.4 Å². The predicted octanol–water partition coefficient (Wildman–Crippen LogP) is 4.22. The summed E-state index contributed by atoms with van der Waals surface area (Å²) >= 11 is 1.08. The Bertz CT molecular complexity index is 1520. The van der Waals surface area contributed by atoms with Gasteiger partial charge in [-0.1, -0.05) is 0 Å². The molecule has 10 heteroatoms. The molecule has 0 spiro atoms. The van der Waals surface area contributed by atoms with Gasteiger partial charge in [0.2, 0.25) is 0 Å². The molecular formula is C20H11FN8S. The number of imidazole rings is 1. The van der Waals surface area contributed by atoms with Crippen molar-refractivity contribution in [1.29, 1.82) is 0 Å². The van der Waals surface area contributed by atoms with Gasteiger partial charge in [-0.15, -0.1) is 11.3 Å². The third-order valence-electron chi connectivity index (χ3n) is 4.76. The van der Waals surface area contributed by atoms with Gasteiger partial charge in [0.05, 0.1) is 22.9 Å². The van der Waals surface area contributed by atoms with Crippen LogP contribution in [0.2, 0.25) is 0 Å². The molecule has 0 bridgehead atoms. The first kappa shape index (κ1) is 16.9. The van der Waals surface area contributed by atoms with E-state index in [2.05, 4.69) is 40.1 Å². The molecule has 30 heavy (non-hydrogen) atoms. The quantitative estimate of drug-likeness (QED) is 0.449. The van der Waals surface area contributed by atoms with Crippen LogP contribution in [0, 0.1) is 5.13 Å². The summed E-state index contributed by atoms with van der Waals surface area (Å²) in [5.41, 5.74) is 5.08. The summed E-state index contributed by atoms with van der Waals surface area (Å²) in [5, 5.41) is 8.03. The number of hydrogen-bond acceptors (Lipinski definition) is 7. The molecule has 0 unspecified atom stereocenters. The molecule has 6 heterocycles. The van der Waals surface area contributed by atoms with Gasteiger partial charge in [0, 0.05) is 40.0 Å².